The van der Waals surface area contributed by atoms with Crippen molar-refractivity contribution in [3.05, 3.63) is 29.3 Å². The van der Waals surface area contributed by atoms with Crippen LogP contribution in [0.3, 0.4) is 0 Å². The Morgan fingerprint density at radius 2 is 2.35 bits per heavy atom. The van der Waals surface area contributed by atoms with Crippen LogP contribution >= 0.6 is 0 Å². The standard InChI is InChI=1S/C15H21NO4/c1-15(18,6-8-19-2)10-16-14(17)12-3-4-13-11(9-12)5-7-20-13/h3-4,9,18H,5-8,10H2,1-2H3,(H,16,17). The summed E-state index contributed by atoms with van der Waals surface area (Å²) in [4.78, 5) is 12.1. The van der Waals surface area contributed by atoms with Gasteiger partial charge in [-0.2, -0.15) is 0 Å². The van der Waals surface area contributed by atoms with E-state index in [1.54, 1.807) is 20.1 Å². The Balaban J connectivity index is 1.92. The van der Waals surface area contributed by atoms with Crippen LogP contribution in [0.5, 0.6) is 5.75 Å². The lowest BCUT2D eigenvalue weighted by Crippen LogP contribution is -2.41. The van der Waals surface area contributed by atoms with Crippen molar-refractivity contribution >= 4 is 5.91 Å². The van der Waals surface area contributed by atoms with Gasteiger partial charge in [0.05, 0.1) is 12.2 Å². The highest BCUT2D eigenvalue weighted by molar-refractivity contribution is 5.94. The molecule has 5 heteroatoms. The molecular weight excluding hydrogens is 258 g/mol. The molecule has 0 aliphatic carbocycles. The van der Waals surface area contributed by atoms with Crippen molar-refractivity contribution in [2.24, 2.45) is 0 Å². The van der Waals surface area contributed by atoms with Crippen LogP contribution in [0.4, 0.5) is 0 Å². The topological polar surface area (TPSA) is 67.8 Å². The van der Waals surface area contributed by atoms with Crippen LogP contribution < -0.4 is 10.1 Å². The predicted octanol–water partition coefficient (Wildman–Crippen LogP) is 1.14. The minimum atomic E-state index is -0.967. The Hall–Kier alpha value is -1.59. The van der Waals surface area contributed by atoms with E-state index in [1.165, 1.54) is 0 Å². The molecule has 0 fully saturated rings. The van der Waals surface area contributed by atoms with E-state index in [1.807, 2.05) is 12.1 Å². The average molecular weight is 279 g/mol. The highest BCUT2D eigenvalue weighted by Gasteiger charge is 2.22. The van der Waals surface area contributed by atoms with Crippen molar-refractivity contribution in [2.45, 2.75) is 25.4 Å². The summed E-state index contributed by atoms with van der Waals surface area (Å²) in [6, 6.07) is 5.41. The van der Waals surface area contributed by atoms with Crippen LogP contribution in [0, 0.1) is 0 Å². The first-order chi connectivity index (χ1) is 9.52. The van der Waals surface area contributed by atoms with Crippen LogP contribution in [0.2, 0.25) is 0 Å². The number of hydrogen-bond acceptors (Lipinski definition) is 4. The van der Waals surface area contributed by atoms with E-state index >= 15 is 0 Å². The van der Waals surface area contributed by atoms with Gasteiger partial charge in [0.25, 0.3) is 5.91 Å². The maximum atomic E-state index is 12.1. The fourth-order valence-corrected chi connectivity index (χ4v) is 2.11. The summed E-state index contributed by atoms with van der Waals surface area (Å²) in [5.74, 6) is 0.672. The van der Waals surface area contributed by atoms with E-state index in [9.17, 15) is 9.90 Å². The number of ether oxygens (including phenoxy) is 2. The summed E-state index contributed by atoms with van der Waals surface area (Å²) in [6.07, 6.45) is 1.31. The maximum absolute atomic E-state index is 12.1. The quantitative estimate of drug-likeness (QED) is 0.819. The number of rotatable bonds is 6. The van der Waals surface area contributed by atoms with Gasteiger partial charge in [0.15, 0.2) is 0 Å². The molecule has 1 aromatic rings. The Morgan fingerprint density at radius 3 is 3.10 bits per heavy atom. The minimum Gasteiger partial charge on any atom is -0.493 e. The first-order valence-electron chi connectivity index (χ1n) is 6.77. The summed E-state index contributed by atoms with van der Waals surface area (Å²) in [7, 11) is 1.58. The number of amides is 1. The number of fused-ring (bicyclic) bond motifs is 1. The SMILES string of the molecule is COCCC(C)(O)CNC(=O)c1ccc2c(c1)CCO2. The molecule has 1 amide bonds. The first kappa shape index (κ1) is 14.8. The second-order valence-electron chi connectivity index (χ2n) is 5.34. The zero-order valence-electron chi connectivity index (χ0n) is 11.9. The zero-order chi connectivity index (χ0) is 14.6. The molecule has 1 unspecified atom stereocenters. The normalized spacial score (nSPS) is 16.1. The van der Waals surface area contributed by atoms with Crippen LogP contribution in [-0.4, -0.2) is 43.5 Å². The molecule has 1 heterocycles. The van der Waals surface area contributed by atoms with Crippen LogP contribution in [0.1, 0.15) is 29.3 Å². The number of methoxy groups -OCH3 is 1. The number of hydrogen-bond donors (Lipinski definition) is 2. The Morgan fingerprint density at radius 1 is 1.55 bits per heavy atom. The van der Waals surface area contributed by atoms with Crippen molar-refractivity contribution in [3.8, 4) is 5.75 Å². The maximum Gasteiger partial charge on any atom is 0.251 e. The molecule has 0 bridgehead atoms. The zero-order valence-corrected chi connectivity index (χ0v) is 11.9. The molecular formula is C15H21NO4. The molecule has 0 saturated carbocycles. The first-order valence-corrected chi connectivity index (χ1v) is 6.77. The van der Waals surface area contributed by atoms with Gasteiger partial charge in [0.2, 0.25) is 0 Å². The second kappa shape index (κ2) is 6.24. The molecule has 2 N–H and O–H groups in total. The van der Waals surface area contributed by atoms with E-state index < -0.39 is 5.60 Å². The molecule has 0 aromatic heterocycles. The molecule has 0 radical (unpaired) electrons. The van der Waals surface area contributed by atoms with Gasteiger partial charge in [-0.15, -0.1) is 0 Å². The molecule has 20 heavy (non-hydrogen) atoms. The lowest BCUT2D eigenvalue weighted by Gasteiger charge is -2.23. The van der Waals surface area contributed by atoms with Crippen molar-refractivity contribution in [1.29, 1.82) is 0 Å². The summed E-state index contributed by atoms with van der Waals surface area (Å²) >= 11 is 0. The van der Waals surface area contributed by atoms with Gasteiger partial charge in [0, 0.05) is 38.7 Å². The third-order valence-corrected chi connectivity index (χ3v) is 3.43. The third-order valence-electron chi connectivity index (χ3n) is 3.43. The predicted molar refractivity (Wildman–Crippen MR) is 75.1 cm³/mol. The number of carbonyl (C=O) groups excluding carboxylic acids is 1. The minimum absolute atomic E-state index is 0.183. The van der Waals surface area contributed by atoms with Crippen LogP contribution in [0.25, 0.3) is 0 Å². The highest BCUT2D eigenvalue weighted by Crippen LogP contribution is 2.25. The molecule has 0 spiro atoms. The fraction of sp³-hybridized carbons (Fsp3) is 0.533. The average Bonchev–Trinajstić information content (AvgIpc) is 2.90. The van der Waals surface area contributed by atoms with Gasteiger partial charge >= 0.3 is 0 Å². The largest absolute Gasteiger partial charge is 0.493 e. The lowest BCUT2D eigenvalue weighted by atomic mass is 10.0. The van der Waals surface area contributed by atoms with E-state index in [0.29, 0.717) is 25.2 Å². The summed E-state index contributed by atoms with van der Waals surface area (Å²) < 4.78 is 10.3. The molecule has 1 aliphatic heterocycles. The van der Waals surface area contributed by atoms with Gasteiger partial charge in [-0.3, -0.25) is 4.79 Å². The molecule has 0 saturated heterocycles. The Bertz CT molecular complexity index is 485. The number of aliphatic hydroxyl groups is 1. The second-order valence-corrected chi connectivity index (χ2v) is 5.34. The highest BCUT2D eigenvalue weighted by atomic mass is 16.5. The molecule has 1 aliphatic rings. The number of carbonyl (C=O) groups is 1. The van der Waals surface area contributed by atoms with Crippen molar-refractivity contribution in [2.75, 3.05) is 26.9 Å². The lowest BCUT2D eigenvalue weighted by molar-refractivity contribution is 0.0243. The van der Waals surface area contributed by atoms with E-state index in [2.05, 4.69) is 5.32 Å². The monoisotopic (exact) mass is 279 g/mol. The summed E-state index contributed by atoms with van der Waals surface area (Å²) in [5, 5.41) is 12.8. The van der Waals surface area contributed by atoms with Crippen molar-refractivity contribution in [1.82, 2.24) is 5.32 Å². The third kappa shape index (κ3) is 3.71. The van der Waals surface area contributed by atoms with E-state index in [4.69, 9.17) is 9.47 Å². The summed E-state index contributed by atoms with van der Waals surface area (Å²) in [6.45, 7) is 3.01. The number of nitrogens with one attached hydrogen (secondary N) is 1. The van der Waals surface area contributed by atoms with Crippen molar-refractivity contribution in [3.63, 3.8) is 0 Å². The smallest absolute Gasteiger partial charge is 0.251 e. The van der Waals surface area contributed by atoms with Gasteiger partial charge in [0.1, 0.15) is 5.75 Å². The van der Waals surface area contributed by atoms with Gasteiger partial charge in [-0.25, -0.2) is 0 Å². The van der Waals surface area contributed by atoms with E-state index in [0.717, 1.165) is 17.7 Å². The van der Waals surface area contributed by atoms with Gasteiger partial charge < -0.3 is 19.9 Å². The molecule has 110 valence electrons. The fourth-order valence-electron chi connectivity index (χ4n) is 2.11. The van der Waals surface area contributed by atoms with Crippen molar-refractivity contribution < 1.29 is 19.4 Å². The van der Waals surface area contributed by atoms with Crippen LogP contribution in [0.15, 0.2) is 18.2 Å². The number of benzene rings is 1. The van der Waals surface area contributed by atoms with Crippen LogP contribution in [-0.2, 0) is 11.2 Å². The Kier molecular flexibility index (Phi) is 4.62. The Labute approximate surface area is 118 Å². The van der Waals surface area contributed by atoms with E-state index in [-0.39, 0.29) is 12.5 Å². The molecule has 1 atom stereocenters. The molecule has 1 aromatic carbocycles. The molecule has 2 rings (SSSR count). The van der Waals surface area contributed by atoms with Gasteiger partial charge in [-0.05, 0) is 30.7 Å². The van der Waals surface area contributed by atoms with Gasteiger partial charge in [-0.1, -0.05) is 0 Å². The molecule has 5 nitrogen and oxygen atoms in total. The summed E-state index contributed by atoms with van der Waals surface area (Å²) in [5.41, 5.74) is 0.687.